The minimum absolute atomic E-state index is 0.00660. The van der Waals surface area contributed by atoms with Crippen LogP contribution in [-0.4, -0.2) is 25.4 Å². The van der Waals surface area contributed by atoms with Gasteiger partial charge < -0.3 is 15.0 Å². The maximum atomic E-state index is 13.5. The summed E-state index contributed by atoms with van der Waals surface area (Å²) in [5, 5.41) is 2.28. The number of nitrogens with zero attached hydrogens (tertiary/aromatic N) is 1. The summed E-state index contributed by atoms with van der Waals surface area (Å²) < 4.78 is 81.2. The van der Waals surface area contributed by atoms with E-state index in [4.69, 9.17) is 0 Å². The van der Waals surface area contributed by atoms with Crippen LogP contribution in [0.25, 0.3) is 0 Å². The third-order valence-electron chi connectivity index (χ3n) is 4.34. The summed E-state index contributed by atoms with van der Waals surface area (Å²) in [7, 11) is 0. The highest BCUT2D eigenvalue weighted by molar-refractivity contribution is 6.04. The molecule has 0 spiro atoms. The maximum Gasteiger partial charge on any atom is 0.573 e. The minimum atomic E-state index is -4.91. The van der Waals surface area contributed by atoms with E-state index in [1.807, 2.05) is 0 Å². The zero-order valence-corrected chi connectivity index (χ0v) is 14.9. The maximum absolute atomic E-state index is 13.5. The van der Waals surface area contributed by atoms with Gasteiger partial charge in [0.15, 0.2) is 0 Å². The van der Waals surface area contributed by atoms with Gasteiger partial charge in [-0.25, -0.2) is 0 Å². The molecular formula is C19H16F6N2O2. The van der Waals surface area contributed by atoms with Crippen molar-refractivity contribution in [1.29, 1.82) is 0 Å². The molecule has 2 aromatic carbocycles. The van der Waals surface area contributed by atoms with E-state index in [0.29, 0.717) is 13.1 Å². The van der Waals surface area contributed by atoms with Crippen LogP contribution in [0.2, 0.25) is 0 Å². The first-order valence-corrected chi connectivity index (χ1v) is 8.66. The molecule has 3 rings (SSSR count). The Morgan fingerprint density at radius 2 is 1.66 bits per heavy atom. The van der Waals surface area contributed by atoms with Crippen molar-refractivity contribution in [3.8, 4) is 5.75 Å². The first-order valence-electron chi connectivity index (χ1n) is 8.66. The molecule has 2 aromatic rings. The predicted molar refractivity (Wildman–Crippen MR) is 94.0 cm³/mol. The molecule has 1 aliphatic rings. The topological polar surface area (TPSA) is 41.6 Å². The summed E-state index contributed by atoms with van der Waals surface area (Å²) in [4.78, 5) is 14.0. The summed E-state index contributed by atoms with van der Waals surface area (Å²) >= 11 is 0. The van der Waals surface area contributed by atoms with Gasteiger partial charge in [0.25, 0.3) is 5.91 Å². The molecule has 1 amide bonds. The molecule has 0 aromatic heterocycles. The van der Waals surface area contributed by atoms with Crippen LogP contribution >= 0.6 is 0 Å². The van der Waals surface area contributed by atoms with E-state index in [1.165, 1.54) is 24.3 Å². The Bertz CT molecular complexity index is 889. The Labute approximate surface area is 162 Å². The van der Waals surface area contributed by atoms with Crippen LogP contribution in [-0.2, 0) is 6.18 Å². The van der Waals surface area contributed by atoms with Crippen LogP contribution in [0, 0.1) is 0 Å². The fourth-order valence-corrected chi connectivity index (χ4v) is 3.11. The zero-order valence-electron chi connectivity index (χ0n) is 14.9. The Balaban J connectivity index is 1.83. The van der Waals surface area contributed by atoms with Gasteiger partial charge in [-0.3, -0.25) is 4.79 Å². The molecule has 1 heterocycles. The van der Waals surface area contributed by atoms with Crippen molar-refractivity contribution in [2.24, 2.45) is 0 Å². The number of alkyl halides is 6. The van der Waals surface area contributed by atoms with Gasteiger partial charge in [0.05, 0.1) is 5.56 Å². The monoisotopic (exact) mass is 418 g/mol. The van der Waals surface area contributed by atoms with Crippen LogP contribution in [0.4, 0.5) is 37.7 Å². The molecule has 156 valence electrons. The number of ether oxygens (including phenoxy) is 1. The van der Waals surface area contributed by atoms with Crippen LogP contribution < -0.4 is 15.0 Å². The van der Waals surface area contributed by atoms with Gasteiger partial charge in [-0.15, -0.1) is 13.2 Å². The van der Waals surface area contributed by atoms with Crippen LogP contribution in [0.15, 0.2) is 42.5 Å². The van der Waals surface area contributed by atoms with Crippen molar-refractivity contribution in [3.05, 3.63) is 53.6 Å². The van der Waals surface area contributed by atoms with Crippen molar-refractivity contribution in [2.45, 2.75) is 25.4 Å². The summed E-state index contributed by atoms with van der Waals surface area (Å²) in [5.74, 6) is -1.44. The molecule has 0 saturated carbocycles. The van der Waals surface area contributed by atoms with Crippen molar-refractivity contribution in [1.82, 2.24) is 0 Å². The fourth-order valence-electron chi connectivity index (χ4n) is 3.11. The van der Waals surface area contributed by atoms with Crippen molar-refractivity contribution in [2.75, 3.05) is 23.3 Å². The molecule has 0 radical (unpaired) electrons. The molecule has 0 aliphatic carbocycles. The Hall–Kier alpha value is -2.91. The Morgan fingerprint density at radius 3 is 2.28 bits per heavy atom. The van der Waals surface area contributed by atoms with Gasteiger partial charge in [-0.2, -0.15) is 13.2 Å². The number of carbonyl (C=O) groups is 1. The first-order chi connectivity index (χ1) is 13.5. The van der Waals surface area contributed by atoms with Crippen LogP contribution in [0.1, 0.15) is 28.8 Å². The second-order valence-corrected chi connectivity index (χ2v) is 6.45. The lowest BCUT2D eigenvalue weighted by Crippen LogP contribution is -2.23. The Morgan fingerprint density at radius 1 is 0.966 bits per heavy atom. The highest BCUT2D eigenvalue weighted by atomic mass is 19.4. The van der Waals surface area contributed by atoms with Gasteiger partial charge in [-0.05, 0) is 43.2 Å². The predicted octanol–water partition coefficient (Wildman–Crippen LogP) is 5.46. The normalized spacial score (nSPS) is 14.8. The third-order valence-corrected chi connectivity index (χ3v) is 4.34. The average molecular weight is 418 g/mol. The molecule has 1 fully saturated rings. The molecular weight excluding hydrogens is 402 g/mol. The average Bonchev–Trinajstić information content (AvgIpc) is 3.13. The molecule has 0 atom stereocenters. The lowest BCUT2D eigenvalue weighted by Gasteiger charge is -2.23. The van der Waals surface area contributed by atoms with Gasteiger partial charge in [0.1, 0.15) is 5.75 Å². The molecule has 1 saturated heterocycles. The molecule has 0 bridgehead atoms. The van der Waals surface area contributed by atoms with E-state index >= 15 is 0 Å². The molecule has 4 nitrogen and oxygen atoms in total. The number of nitrogens with one attached hydrogen (secondary N) is 1. The van der Waals surface area contributed by atoms with E-state index in [0.717, 1.165) is 31.0 Å². The fraction of sp³-hybridized carbons (Fsp3) is 0.316. The van der Waals surface area contributed by atoms with Gasteiger partial charge in [0.2, 0.25) is 0 Å². The number of hydrogen-bond donors (Lipinski definition) is 1. The minimum Gasteiger partial charge on any atom is -0.406 e. The van der Waals surface area contributed by atoms with Crippen molar-refractivity contribution < 1.29 is 35.9 Å². The number of carbonyl (C=O) groups excluding carboxylic acids is 1. The van der Waals surface area contributed by atoms with Gasteiger partial charge in [0, 0.05) is 36.1 Å². The number of hydrogen-bond acceptors (Lipinski definition) is 3. The summed E-state index contributed by atoms with van der Waals surface area (Å²) in [6.45, 7) is 1.00. The molecule has 29 heavy (non-hydrogen) atoms. The highest BCUT2D eigenvalue weighted by Gasteiger charge is 2.36. The second kappa shape index (κ2) is 7.84. The SMILES string of the molecule is O=C(Nc1cccc(OC(F)(F)F)c1)c1ccc(N2CCCC2)c(C(F)(F)F)c1. The standard InChI is InChI=1S/C19H16F6N2O2/c20-18(21,22)15-10-12(6-7-16(15)27-8-1-2-9-27)17(28)26-13-4-3-5-14(11-13)29-19(23,24)25/h3-7,10-11H,1-2,8-9H2,(H,26,28). The number of amides is 1. The summed E-state index contributed by atoms with van der Waals surface area (Å²) in [5.41, 5.74) is -1.23. The van der Waals surface area contributed by atoms with Crippen molar-refractivity contribution >= 4 is 17.3 Å². The largest absolute Gasteiger partial charge is 0.573 e. The van der Waals surface area contributed by atoms with E-state index in [2.05, 4.69) is 10.1 Å². The first kappa shape index (κ1) is 20.8. The molecule has 0 unspecified atom stereocenters. The highest BCUT2D eigenvalue weighted by Crippen LogP contribution is 2.38. The lowest BCUT2D eigenvalue weighted by atomic mass is 10.1. The van der Waals surface area contributed by atoms with Crippen LogP contribution in [0.3, 0.4) is 0 Å². The molecule has 10 heteroatoms. The van der Waals surface area contributed by atoms with E-state index in [-0.39, 0.29) is 16.9 Å². The smallest absolute Gasteiger partial charge is 0.406 e. The third kappa shape index (κ3) is 5.33. The molecule has 1 aliphatic heterocycles. The number of benzene rings is 2. The van der Waals surface area contributed by atoms with Gasteiger partial charge >= 0.3 is 12.5 Å². The quantitative estimate of drug-likeness (QED) is 0.671. The summed E-state index contributed by atoms with van der Waals surface area (Å²) in [6.07, 6.45) is -7.99. The number of halogens is 6. The van der Waals surface area contributed by atoms with Crippen LogP contribution in [0.5, 0.6) is 5.75 Å². The van der Waals surface area contributed by atoms with Gasteiger partial charge in [-0.1, -0.05) is 6.07 Å². The van der Waals surface area contributed by atoms with E-state index in [1.54, 1.807) is 4.90 Å². The Kier molecular flexibility index (Phi) is 5.63. The van der Waals surface area contributed by atoms with E-state index < -0.39 is 29.8 Å². The second-order valence-electron chi connectivity index (χ2n) is 6.45. The summed E-state index contributed by atoms with van der Waals surface area (Å²) in [6, 6.07) is 7.72. The number of anilines is 2. The lowest BCUT2D eigenvalue weighted by molar-refractivity contribution is -0.274. The number of rotatable bonds is 4. The van der Waals surface area contributed by atoms with E-state index in [9.17, 15) is 31.1 Å². The zero-order chi connectivity index (χ0) is 21.2. The molecule has 1 N–H and O–H groups in total. The van der Waals surface area contributed by atoms with Crippen molar-refractivity contribution in [3.63, 3.8) is 0 Å².